The van der Waals surface area contributed by atoms with Crippen molar-refractivity contribution in [1.82, 2.24) is 5.32 Å². The number of hydrogen-bond acceptors (Lipinski definition) is 4. The monoisotopic (exact) mass is 283 g/mol. The lowest BCUT2D eigenvalue weighted by Crippen LogP contribution is -2.52. The molecule has 0 aliphatic heterocycles. The lowest BCUT2D eigenvalue weighted by Gasteiger charge is -2.27. The maximum Gasteiger partial charge on any atom is 0.326 e. The van der Waals surface area contributed by atoms with Gasteiger partial charge in [0.25, 0.3) is 0 Å². The molecule has 4 nitrogen and oxygen atoms in total. The van der Waals surface area contributed by atoms with Crippen molar-refractivity contribution in [2.45, 2.75) is 76.5 Å². The van der Waals surface area contributed by atoms with Crippen LogP contribution in [0.2, 0.25) is 0 Å². The van der Waals surface area contributed by atoms with Crippen LogP contribution in [0, 0.1) is 5.92 Å². The molecule has 0 heterocycles. The number of carbonyl (C=O) groups is 1. The fourth-order valence-electron chi connectivity index (χ4n) is 3.07. The molecular formula is C16H29NO3. The zero-order valence-electron chi connectivity index (χ0n) is 13.1. The summed E-state index contributed by atoms with van der Waals surface area (Å²) in [5.41, 5.74) is -0.487. The van der Waals surface area contributed by atoms with Gasteiger partial charge in [0.1, 0.15) is 5.54 Å². The van der Waals surface area contributed by atoms with Crippen LogP contribution in [0.3, 0.4) is 0 Å². The summed E-state index contributed by atoms with van der Waals surface area (Å²) >= 11 is 0. The summed E-state index contributed by atoms with van der Waals surface area (Å²) in [6, 6.07) is 0.508. The highest BCUT2D eigenvalue weighted by Crippen LogP contribution is 2.36. The van der Waals surface area contributed by atoms with Crippen molar-refractivity contribution in [2.24, 2.45) is 5.92 Å². The lowest BCUT2D eigenvalue weighted by molar-refractivity contribution is -0.149. The van der Waals surface area contributed by atoms with Gasteiger partial charge in [-0.05, 0) is 44.4 Å². The van der Waals surface area contributed by atoms with Gasteiger partial charge < -0.3 is 9.47 Å². The van der Waals surface area contributed by atoms with Gasteiger partial charge in [-0.1, -0.05) is 13.8 Å². The van der Waals surface area contributed by atoms with E-state index in [1.54, 1.807) is 0 Å². The van der Waals surface area contributed by atoms with Gasteiger partial charge in [-0.15, -0.1) is 0 Å². The summed E-state index contributed by atoms with van der Waals surface area (Å²) in [5, 5.41) is 3.50. The molecule has 0 radical (unpaired) electrons. The standard InChI is InChI=1S/C16H29NO3/c1-12(2)5-4-10-20-14-8-9-16(11-14,15(18)19-3)17-13-6-7-13/h12-14,17H,4-11H2,1-3H3. The van der Waals surface area contributed by atoms with Gasteiger partial charge in [-0.25, -0.2) is 0 Å². The third-order valence-corrected chi connectivity index (χ3v) is 4.38. The third kappa shape index (κ3) is 4.19. The molecule has 0 spiro atoms. The maximum atomic E-state index is 12.1. The molecule has 0 aromatic carbocycles. The minimum atomic E-state index is -0.487. The molecule has 2 unspecified atom stereocenters. The highest BCUT2D eigenvalue weighted by molar-refractivity contribution is 5.81. The van der Waals surface area contributed by atoms with Crippen LogP contribution in [0.25, 0.3) is 0 Å². The van der Waals surface area contributed by atoms with E-state index in [1.165, 1.54) is 26.4 Å². The summed E-state index contributed by atoms with van der Waals surface area (Å²) in [7, 11) is 1.48. The number of hydrogen-bond donors (Lipinski definition) is 1. The largest absolute Gasteiger partial charge is 0.468 e. The van der Waals surface area contributed by atoms with Crippen LogP contribution in [0.5, 0.6) is 0 Å². The molecule has 2 aliphatic rings. The molecule has 1 N–H and O–H groups in total. The Morgan fingerprint density at radius 3 is 2.70 bits per heavy atom. The van der Waals surface area contributed by atoms with Gasteiger partial charge in [-0.3, -0.25) is 10.1 Å². The van der Waals surface area contributed by atoms with Crippen LogP contribution in [-0.4, -0.2) is 37.4 Å². The Kier molecular flexibility index (Phi) is 5.44. The van der Waals surface area contributed by atoms with Crippen molar-refractivity contribution in [1.29, 1.82) is 0 Å². The lowest BCUT2D eigenvalue weighted by atomic mass is 9.97. The molecule has 0 aromatic rings. The second kappa shape index (κ2) is 6.90. The molecular weight excluding hydrogens is 254 g/mol. The number of esters is 1. The van der Waals surface area contributed by atoms with Crippen molar-refractivity contribution in [3.05, 3.63) is 0 Å². The molecule has 2 atom stereocenters. The first-order valence-corrected chi connectivity index (χ1v) is 8.03. The summed E-state index contributed by atoms with van der Waals surface area (Å²) in [4.78, 5) is 12.1. The average Bonchev–Trinajstić information content (AvgIpc) is 3.13. The van der Waals surface area contributed by atoms with E-state index in [2.05, 4.69) is 19.2 Å². The topological polar surface area (TPSA) is 47.6 Å². The fraction of sp³-hybridized carbons (Fsp3) is 0.938. The summed E-state index contributed by atoms with van der Waals surface area (Å²) in [6.45, 7) is 5.28. The summed E-state index contributed by atoms with van der Waals surface area (Å²) in [5.74, 6) is 0.616. The van der Waals surface area contributed by atoms with Gasteiger partial charge in [0.2, 0.25) is 0 Å². The van der Waals surface area contributed by atoms with Crippen LogP contribution < -0.4 is 5.32 Å². The molecule has 116 valence electrons. The van der Waals surface area contributed by atoms with E-state index in [0.29, 0.717) is 6.04 Å². The van der Waals surface area contributed by atoms with Crippen molar-refractivity contribution in [3.63, 3.8) is 0 Å². The number of nitrogens with one attached hydrogen (secondary N) is 1. The minimum Gasteiger partial charge on any atom is -0.468 e. The molecule has 0 saturated heterocycles. The fourth-order valence-corrected chi connectivity index (χ4v) is 3.07. The quantitative estimate of drug-likeness (QED) is 0.549. The van der Waals surface area contributed by atoms with Gasteiger partial charge in [0.05, 0.1) is 13.2 Å². The van der Waals surface area contributed by atoms with E-state index in [4.69, 9.17) is 9.47 Å². The Labute approximate surface area is 122 Å². The highest BCUT2D eigenvalue weighted by atomic mass is 16.5. The molecule has 2 saturated carbocycles. The SMILES string of the molecule is COC(=O)C1(NC2CC2)CCC(OCCCC(C)C)C1. The molecule has 4 heteroatoms. The number of rotatable bonds is 8. The number of carbonyl (C=O) groups excluding carboxylic acids is 1. The summed E-state index contributed by atoms with van der Waals surface area (Å²) in [6.07, 6.45) is 7.42. The summed E-state index contributed by atoms with van der Waals surface area (Å²) < 4.78 is 11.0. The maximum absolute atomic E-state index is 12.1. The first kappa shape index (κ1) is 15.8. The Hall–Kier alpha value is -0.610. The molecule has 0 bridgehead atoms. The van der Waals surface area contributed by atoms with Gasteiger partial charge in [-0.2, -0.15) is 0 Å². The van der Waals surface area contributed by atoms with Crippen molar-refractivity contribution < 1.29 is 14.3 Å². The Bertz CT molecular complexity index is 328. The Balaban J connectivity index is 1.79. The van der Waals surface area contributed by atoms with Gasteiger partial charge >= 0.3 is 5.97 Å². The van der Waals surface area contributed by atoms with Crippen molar-refractivity contribution in [2.75, 3.05) is 13.7 Å². The highest BCUT2D eigenvalue weighted by Gasteiger charge is 2.49. The van der Waals surface area contributed by atoms with E-state index < -0.39 is 5.54 Å². The first-order valence-electron chi connectivity index (χ1n) is 8.03. The van der Waals surface area contributed by atoms with E-state index >= 15 is 0 Å². The molecule has 0 amide bonds. The van der Waals surface area contributed by atoms with Crippen LogP contribution in [-0.2, 0) is 14.3 Å². The zero-order chi connectivity index (χ0) is 14.6. The molecule has 2 rings (SSSR count). The van der Waals surface area contributed by atoms with Gasteiger partial charge in [0.15, 0.2) is 0 Å². The smallest absolute Gasteiger partial charge is 0.326 e. The molecule has 0 aromatic heterocycles. The van der Waals surface area contributed by atoms with Gasteiger partial charge in [0, 0.05) is 19.1 Å². The molecule has 20 heavy (non-hydrogen) atoms. The number of ether oxygens (including phenoxy) is 2. The minimum absolute atomic E-state index is 0.113. The normalized spacial score (nSPS) is 29.9. The van der Waals surface area contributed by atoms with E-state index in [1.807, 2.05) is 0 Å². The Morgan fingerprint density at radius 2 is 2.10 bits per heavy atom. The average molecular weight is 283 g/mol. The Morgan fingerprint density at radius 1 is 1.35 bits per heavy atom. The van der Waals surface area contributed by atoms with Crippen molar-refractivity contribution in [3.8, 4) is 0 Å². The van der Waals surface area contributed by atoms with Crippen LogP contribution in [0.15, 0.2) is 0 Å². The van der Waals surface area contributed by atoms with Crippen LogP contribution in [0.1, 0.15) is 58.8 Å². The van der Waals surface area contributed by atoms with E-state index in [0.717, 1.165) is 38.2 Å². The number of methoxy groups -OCH3 is 1. The van der Waals surface area contributed by atoms with E-state index in [9.17, 15) is 4.79 Å². The predicted molar refractivity (Wildman–Crippen MR) is 78.6 cm³/mol. The van der Waals surface area contributed by atoms with Crippen LogP contribution in [0.4, 0.5) is 0 Å². The molecule has 2 fully saturated rings. The first-order chi connectivity index (χ1) is 9.55. The van der Waals surface area contributed by atoms with Crippen LogP contribution >= 0.6 is 0 Å². The zero-order valence-corrected chi connectivity index (χ0v) is 13.1. The van der Waals surface area contributed by atoms with E-state index in [-0.39, 0.29) is 12.1 Å². The predicted octanol–water partition coefficient (Wildman–Crippen LogP) is 2.66. The second-order valence-corrected chi connectivity index (χ2v) is 6.76. The molecule has 2 aliphatic carbocycles. The van der Waals surface area contributed by atoms with Crippen molar-refractivity contribution >= 4 is 5.97 Å². The third-order valence-electron chi connectivity index (χ3n) is 4.38. The second-order valence-electron chi connectivity index (χ2n) is 6.76.